The summed E-state index contributed by atoms with van der Waals surface area (Å²) < 4.78 is 13.7. The van der Waals surface area contributed by atoms with Crippen LogP contribution in [0, 0.1) is 5.82 Å². The quantitative estimate of drug-likeness (QED) is 0.898. The summed E-state index contributed by atoms with van der Waals surface area (Å²) in [5.74, 6) is -1.88. The third-order valence-electron chi connectivity index (χ3n) is 3.06. The second-order valence-electron chi connectivity index (χ2n) is 4.55. The number of carboxylic acid groups (broad SMARTS) is 1. The number of halogens is 1. The Morgan fingerprint density at radius 3 is 2.45 bits per heavy atom. The van der Waals surface area contributed by atoms with E-state index in [1.807, 2.05) is 0 Å². The average molecular weight is 275 g/mol. The van der Waals surface area contributed by atoms with Gasteiger partial charge in [-0.3, -0.25) is 4.79 Å². The summed E-state index contributed by atoms with van der Waals surface area (Å²) in [6.07, 6.45) is 0.107. The molecule has 2 aromatic carbocycles. The molecule has 2 aromatic rings. The van der Waals surface area contributed by atoms with Gasteiger partial charge in [-0.25, -0.2) is 9.18 Å². The highest BCUT2D eigenvalue weighted by Gasteiger charge is 2.20. The van der Waals surface area contributed by atoms with Crippen molar-refractivity contribution in [3.05, 3.63) is 47.8 Å². The van der Waals surface area contributed by atoms with E-state index in [0.29, 0.717) is 16.3 Å². The maximum absolute atomic E-state index is 13.7. The minimum absolute atomic E-state index is 0.107. The van der Waals surface area contributed by atoms with Crippen molar-refractivity contribution in [1.29, 1.82) is 0 Å². The molecule has 104 valence electrons. The molecule has 5 heteroatoms. The average Bonchev–Trinajstić information content (AvgIpc) is 2.40. The van der Waals surface area contributed by atoms with Crippen LogP contribution in [-0.4, -0.2) is 23.0 Å². The molecular weight excluding hydrogens is 261 g/mol. The number of hydrogen-bond donors (Lipinski definition) is 2. The highest BCUT2D eigenvalue weighted by Crippen LogP contribution is 2.22. The zero-order chi connectivity index (χ0) is 14.7. The SMILES string of the molecule is CC(=O)N[C@@H](Cc1ccc(F)c2ccccc12)C(=O)O. The molecule has 2 N–H and O–H groups in total. The highest BCUT2D eigenvalue weighted by atomic mass is 19.1. The lowest BCUT2D eigenvalue weighted by atomic mass is 9.98. The van der Waals surface area contributed by atoms with Gasteiger partial charge in [-0.15, -0.1) is 0 Å². The van der Waals surface area contributed by atoms with Crippen LogP contribution in [0.5, 0.6) is 0 Å². The van der Waals surface area contributed by atoms with E-state index in [4.69, 9.17) is 5.11 Å². The lowest BCUT2D eigenvalue weighted by molar-refractivity contribution is -0.141. The van der Waals surface area contributed by atoms with Crippen LogP contribution >= 0.6 is 0 Å². The van der Waals surface area contributed by atoms with Crippen molar-refractivity contribution in [2.24, 2.45) is 0 Å². The molecule has 4 nitrogen and oxygen atoms in total. The monoisotopic (exact) mass is 275 g/mol. The van der Waals surface area contributed by atoms with Crippen molar-refractivity contribution in [3.8, 4) is 0 Å². The van der Waals surface area contributed by atoms with E-state index in [1.54, 1.807) is 30.3 Å². The lowest BCUT2D eigenvalue weighted by Crippen LogP contribution is -2.41. The van der Waals surface area contributed by atoms with Gasteiger partial charge in [-0.2, -0.15) is 0 Å². The number of rotatable bonds is 4. The molecule has 1 atom stereocenters. The first-order valence-electron chi connectivity index (χ1n) is 6.15. The topological polar surface area (TPSA) is 66.4 Å². The summed E-state index contributed by atoms with van der Waals surface area (Å²) in [6, 6.07) is 8.70. The van der Waals surface area contributed by atoms with Crippen molar-refractivity contribution >= 4 is 22.6 Å². The zero-order valence-corrected chi connectivity index (χ0v) is 10.9. The standard InChI is InChI=1S/C15H14FNO3/c1-9(18)17-14(15(19)20)8-10-6-7-13(16)12-5-3-2-4-11(10)12/h2-7,14H,8H2,1H3,(H,17,18)(H,19,20)/t14-/m0/s1. The first-order valence-corrected chi connectivity index (χ1v) is 6.15. The second-order valence-corrected chi connectivity index (χ2v) is 4.55. The van der Waals surface area contributed by atoms with E-state index in [9.17, 15) is 14.0 Å². The third-order valence-corrected chi connectivity index (χ3v) is 3.06. The molecule has 0 saturated carbocycles. The highest BCUT2D eigenvalue weighted by molar-refractivity contribution is 5.88. The molecule has 0 unspecified atom stereocenters. The molecule has 0 bridgehead atoms. The van der Waals surface area contributed by atoms with Crippen LogP contribution in [0.15, 0.2) is 36.4 Å². The number of fused-ring (bicyclic) bond motifs is 1. The number of amides is 1. The summed E-state index contributed by atoms with van der Waals surface area (Å²) in [5, 5.41) is 12.6. The van der Waals surface area contributed by atoms with Crippen LogP contribution in [0.1, 0.15) is 12.5 Å². The van der Waals surface area contributed by atoms with E-state index in [0.717, 1.165) is 0 Å². The number of carbonyl (C=O) groups excluding carboxylic acids is 1. The number of carbonyl (C=O) groups is 2. The molecule has 20 heavy (non-hydrogen) atoms. The normalized spacial score (nSPS) is 12.1. The molecule has 0 spiro atoms. The molecule has 0 saturated heterocycles. The Morgan fingerprint density at radius 2 is 1.85 bits per heavy atom. The van der Waals surface area contributed by atoms with E-state index in [1.165, 1.54) is 13.0 Å². The summed E-state index contributed by atoms with van der Waals surface area (Å²) in [6.45, 7) is 1.26. The Hall–Kier alpha value is -2.43. The largest absolute Gasteiger partial charge is 0.480 e. The number of nitrogens with one attached hydrogen (secondary N) is 1. The van der Waals surface area contributed by atoms with Gasteiger partial charge in [-0.05, 0) is 17.0 Å². The molecular formula is C15H14FNO3. The van der Waals surface area contributed by atoms with Gasteiger partial charge >= 0.3 is 5.97 Å². The van der Waals surface area contributed by atoms with Gasteiger partial charge in [0.25, 0.3) is 0 Å². The Bertz CT molecular complexity index is 669. The smallest absolute Gasteiger partial charge is 0.326 e. The Morgan fingerprint density at radius 1 is 1.20 bits per heavy atom. The van der Waals surface area contributed by atoms with Crippen molar-refractivity contribution in [2.75, 3.05) is 0 Å². The van der Waals surface area contributed by atoms with Gasteiger partial charge in [0.1, 0.15) is 11.9 Å². The Balaban J connectivity index is 2.40. The van der Waals surface area contributed by atoms with E-state index in [-0.39, 0.29) is 12.2 Å². The fourth-order valence-corrected chi connectivity index (χ4v) is 2.17. The van der Waals surface area contributed by atoms with Crippen LogP contribution in [0.2, 0.25) is 0 Å². The van der Waals surface area contributed by atoms with E-state index >= 15 is 0 Å². The van der Waals surface area contributed by atoms with Crippen molar-refractivity contribution < 1.29 is 19.1 Å². The zero-order valence-electron chi connectivity index (χ0n) is 10.9. The maximum atomic E-state index is 13.7. The number of hydrogen-bond acceptors (Lipinski definition) is 2. The molecule has 2 rings (SSSR count). The fraction of sp³-hybridized carbons (Fsp3) is 0.200. The van der Waals surface area contributed by atoms with Gasteiger partial charge < -0.3 is 10.4 Å². The molecule has 0 aromatic heterocycles. The van der Waals surface area contributed by atoms with E-state index < -0.39 is 17.9 Å². The minimum Gasteiger partial charge on any atom is -0.480 e. The van der Waals surface area contributed by atoms with Gasteiger partial charge in [0.05, 0.1) is 0 Å². The van der Waals surface area contributed by atoms with Crippen LogP contribution in [0.3, 0.4) is 0 Å². The number of benzene rings is 2. The third kappa shape index (κ3) is 2.93. The molecule has 0 radical (unpaired) electrons. The van der Waals surface area contributed by atoms with Crippen LogP contribution in [0.25, 0.3) is 10.8 Å². The van der Waals surface area contributed by atoms with Gasteiger partial charge in [0, 0.05) is 18.7 Å². The van der Waals surface area contributed by atoms with Crippen LogP contribution in [-0.2, 0) is 16.0 Å². The first kappa shape index (κ1) is 14.0. The predicted octanol–water partition coefficient (Wildman–Crippen LogP) is 2.11. The van der Waals surface area contributed by atoms with Gasteiger partial charge in [0.15, 0.2) is 0 Å². The molecule has 0 aliphatic heterocycles. The minimum atomic E-state index is -1.12. The molecule has 1 amide bonds. The first-order chi connectivity index (χ1) is 9.49. The maximum Gasteiger partial charge on any atom is 0.326 e. The fourth-order valence-electron chi connectivity index (χ4n) is 2.17. The van der Waals surface area contributed by atoms with E-state index in [2.05, 4.69) is 5.32 Å². The van der Waals surface area contributed by atoms with Crippen LogP contribution in [0.4, 0.5) is 4.39 Å². The molecule has 0 fully saturated rings. The Kier molecular flexibility index (Phi) is 3.98. The second kappa shape index (κ2) is 5.69. The molecule has 0 heterocycles. The summed E-state index contributed by atoms with van der Waals surface area (Å²) in [5.41, 5.74) is 0.683. The van der Waals surface area contributed by atoms with Crippen molar-refractivity contribution in [3.63, 3.8) is 0 Å². The van der Waals surface area contributed by atoms with Crippen LogP contribution < -0.4 is 5.32 Å². The summed E-state index contributed by atoms with van der Waals surface area (Å²) >= 11 is 0. The van der Waals surface area contributed by atoms with Gasteiger partial charge in [-0.1, -0.05) is 30.3 Å². The number of aliphatic carboxylic acids is 1. The summed E-state index contributed by atoms with van der Waals surface area (Å²) in [4.78, 5) is 22.2. The molecule has 0 aliphatic rings. The lowest BCUT2D eigenvalue weighted by Gasteiger charge is -2.15. The number of carboxylic acids is 1. The van der Waals surface area contributed by atoms with Crippen molar-refractivity contribution in [1.82, 2.24) is 5.32 Å². The predicted molar refractivity (Wildman–Crippen MR) is 72.9 cm³/mol. The Labute approximate surface area is 115 Å². The summed E-state index contributed by atoms with van der Waals surface area (Å²) in [7, 11) is 0. The van der Waals surface area contributed by atoms with Crippen molar-refractivity contribution in [2.45, 2.75) is 19.4 Å². The van der Waals surface area contributed by atoms with Gasteiger partial charge in [0.2, 0.25) is 5.91 Å². The molecule has 0 aliphatic carbocycles.